The van der Waals surface area contributed by atoms with Gasteiger partial charge in [-0.2, -0.15) is 0 Å². The molecule has 0 saturated carbocycles. The summed E-state index contributed by atoms with van der Waals surface area (Å²) in [6, 6.07) is 7.48. The standard InChI is InChI=1S/C15H17N3O3/c1-20-12-4-2-11(3-5-12)13-10-16-14(15(19)17-13)18-6-8-21-9-7-18/h2-5,10H,6-9H2,1H3,(H,17,19). The summed E-state index contributed by atoms with van der Waals surface area (Å²) in [5.41, 5.74) is 1.42. The zero-order valence-electron chi connectivity index (χ0n) is 11.8. The maximum Gasteiger partial charge on any atom is 0.291 e. The Morgan fingerprint density at radius 3 is 2.57 bits per heavy atom. The minimum Gasteiger partial charge on any atom is -0.497 e. The molecule has 1 aromatic heterocycles. The average molecular weight is 287 g/mol. The fraction of sp³-hybridized carbons (Fsp3) is 0.333. The van der Waals surface area contributed by atoms with Crippen molar-refractivity contribution in [2.24, 2.45) is 0 Å². The maximum atomic E-state index is 12.2. The maximum absolute atomic E-state index is 12.2. The van der Waals surface area contributed by atoms with E-state index in [1.54, 1.807) is 13.3 Å². The zero-order chi connectivity index (χ0) is 14.7. The second kappa shape index (κ2) is 5.97. The first kappa shape index (κ1) is 13.6. The van der Waals surface area contributed by atoms with Crippen LogP contribution in [0.2, 0.25) is 0 Å². The fourth-order valence-electron chi connectivity index (χ4n) is 2.31. The molecule has 6 heteroatoms. The number of morpholine rings is 1. The Hall–Kier alpha value is -2.34. The molecule has 21 heavy (non-hydrogen) atoms. The molecule has 1 aromatic carbocycles. The molecule has 0 atom stereocenters. The molecule has 1 N–H and O–H groups in total. The van der Waals surface area contributed by atoms with Crippen LogP contribution in [0.15, 0.2) is 35.3 Å². The predicted molar refractivity (Wildman–Crippen MR) is 79.9 cm³/mol. The molecule has 2 aromatic rings. The van der Waals surface area contributed by atoms with E-state index in [1.807, 2.05) is 29.2 Å². The van der Waals surface area contributed by atoms with Crippen molar-refractivity contribution in [2.45, 2.75) is 0 Å². The van der Waals surface area contributed by atoms with Crippen LogP contribution in [0.3, 0.4) is 0 Å². The molecule has 1 aliphatic rings. The highest BCUT2D eigenvalue weighted by molar-refractivity contribution is 5.60. The predicted octanol–water partition coefficient (Wildman–Crippen LogP) is 1.28. The van der Waals surface area contributed by atoms with Gasteiger partial charge in [-0.15, -0.1) is 0 Å². The van der Waals surface area contributed by atoms with Gasteiger partial charge < -0.3 is 19.4 Å². The second-order valence-electron chi connectivity index (χ2n) is 4.78. The summed E-state index contributed by atoms with van der Waals surface area (Å²) in [5.74, 6) is 1.23. The number of aromatic nitrogens is 2. The van der Waals surface area contributed by atoms with Crippen molar-refractivity contribution >= 4 is 5.82 Å². The zero-order valence-corrected chi connectivity index (χ0v) is 11.8. The van der Waals surface area contributed by atoms with Gasteiger partial charge in [0.25, 0.3) is 5.56 Å². The Kier molecular flexibility index (Phi) is 3.87. The van der Waals surface area contributed by atoms with E-state index in [0.717, 1.165) is 11.3 Å². The van der Waals surface area contributed by atoms with E-state index in [9.17, 15) is 4.79 Å². The van der Waals surface area contributed by atoms with Crippen LogP contribution >= 0.6 is 0 Å². The second-order valence-corrected chi connectivity index (χ2v) is 4.78. The average Bonchev–Trinajstić information content (AvgIpc) is 2.55. The van der Waals surface area contributed by atoms with Crippen LogP contribution in [-0.2, 0) is 4.74 Å². The van der Waals surface area contributed by atoms with E-state index >= 15 is 0 Å². The molecule has 0 bridgehead atoms. The largest absolute Gasteiger partial charge is 0.497 e. The number of rotatable bonds is 3. The van der Waals surface area contributed by atoms with Gasteiger partial charge in [0.2, 0.25) is 0 Å². The van der Waals surface area contributed by atoms with E-state index in [1.165, 1.54) is 0 Å². The molecule has 0 radical (unpaired) electrons. The van der Waals surface area contributed by atoms with Gasteiger partial charge >= 0.3 is 0 Å². The summed E-state index contributed by atoms with van der Waals surface area (Å²) in [6.45, 7) is 2.64. The number of hydrogen-bond donors (Lipinski definition) is 1. The molecule has 0 unspecified atom stereocenters. The molecule has 1 aliphatic heterocycles. The van der Waals surface area contributed by atoms with Gasteiger partial charge in [0.1, 0.15) is 5.75 Å². The third-order valence-corrected chi connectivity index (χ3v) is 3.48. The Bertz CT molecular complexity index is 661. The number of hydrogen-bond acceptors (Lipinski definition) is 5. The van der Waals surface area contributed by atoms with E-state index in [2.05, 4.69) is 9.97 Å². The van der Waals surface area contributed by atoms with Crippen LogP contribution in [-0.4, -0.2) is 43.4 Å². The number of aromatic amines is 1. The number of H-pyrrole nitrogens is 1. The van der Waals surface area contributed by atoms with E-state index < -0.39 is 0 Å². The lowest BCUT2D eigenvalue weighted by molar-refractivity contribution is 0.122. The summed E-state index contributed by atoms with van der Waals surface area (Å²) in [7, 11) is 1.62. The van der Waals surface area contributed by atoms with Crippen molar-refractivity contribution in [3.8, 4) is 17.0 Å². The van der Waals surface area contributed by atoms with E-state index in [4.69, 9.17) is 9.47 Å². The molecule has 0 spiro atoms. The number of anilines is 1. The van der Waals surface area contributed by atoms with Crippen LogP contribution in [0.4, 0.5) is 5.82 Å². The van der Waals surface area contributed by atoms with Gasteiger partial charge in [-0.05, 0) is 29.8 Å². The Morgan fingerprint density at radius 1 is 1.24 bits per heavy atom. The summed E-state index contributed by atoms with van der Waals surface area (Å²) in [5, 5.41) is 0. The van der Waals surface area contributed by atoms with E-state index in [0.29, 0.717) is 37.8 Å². The molecule has 6 nitrogen and oxygen atoms in total. The van der Waals surface area contributed by atoms with Crippen molar-refractivity contribution in [2.75, 3.05) is 38.3 Å². The molecule has 1 fully saturated rings. The number of benzene rings is 1. The topological polar surface area (TPSA) is 67.5 Å². The lowest BCUT2D eigenvalue weighted by Crippen LogP contribution is -2.40. The number of ether oxygens (including phenoxy) is 2. The van der Waals surface area contributed by atoms with Crippen LogP contribution in [0.25, 0.3) is 11.3 Å². The molecular formula is C15H17N3O3. The minimum absolute atomic E-state index is 0.176. The first-order chi connectivity index (χ1) is 10.3. The van der Waals surface area contributed by atoms with Gasteiger partial charge in [0.05, 0.1) is 32.2 Å². The Morgan fingerprint density at radius 2 is 1.95 bits per heavy atom. The van der Waals surface area contributed by atoms with Crippen molar-refractivity contribution in [3.05, 3.63) is 40.8 Å². The Balaban J connectivity index is 1.87. The molecule has 110 valence electrons. The van der Waals surface area contributed by atoms with Gasteiger partial charge in [0, 0.05) is 13.1 Å². The smallest absolute Gasteiger partial charge is 0.291 e. The van der Waals surface area contributed by atoms with Crippen LogP contribution in [0.5, 0.6) is 5.75 Å². The third kappa shape index (κ3) is 2.90. The number of nitrogens with zero attached hydrogens (tertiary/aromatic N) is 2. The molecule has 2 heterocycles. The summed E-state index contributed by atoms with van der Waals surface area (Å²) in [4.78, 5) is 21.4. The fourth-order valence-corrected chi connectivity index (χ4v) is 2.31. The monoisotopic (exact) mass is 287 g/mol. The SMILES string of the molecule is COc1ccc(-c2cnc(N3CCOCC3)c(=O)[nH]2)cc1. The van der Waals surface area contributed by atoms with Crippen molar-refractivity contribution in [3.63, 3.8) is 0 Å². The van der Waals surface area contributed by atoms with Gasteiger partial charge in [0.15, 0.2) is 5.82 Å². The summed E-state index contributed by atoms with van der Waals surface area (Å²) < 4.78 is 10.4. The highest BCUT2D eigenvalue weighted by Gasteiger charge is 2.16. The van der Waals surface area contributed by atoms with Gasteiger partial charge in [-0.3, -0.25) is 4.79 Å². The highest BCUT2D eigenvalue weighted by atomic mass is 16.5. The third-order valence-electron chi connectivity index (χ3n) is 3.48. The molecule has 3 rings (SSSR count). The Labute approximate surface area is 122 Å². The molecular weight excluding hydrogens is 270 g/mol. The number of methoxy groups -OCH3 is 1. The molecule has 0 amide bonds. The number of nitrogens with one attached hydrogen (secondary N) is 1. The lowest BCUT2D eigenvalue weighted by atomic mass is 10.1. The normalized spacial score (nSPS) is 15.0. The first-order valence-electron chi connectivity index (χ1n) is 6.84. The van der Waals surface area contributed by atoms with Crippen molar-refractivity contribution in [1.29, 1.82) is 0 Å². The molecule has 1 saturated heterocycles. The summed E-state index contributed by atoms with van der Waals surface area (Å²) >= 11 is 0. The summed E-state index contributed by atoms with van der Waals surface area (Å²) in [6.07, 6.45) is 1.69. The quantitative estimate of drug-likeness (QED) is 0.921. The van der Waals surface area contributed by atoms with Crippen molar-refractivity contribution in [1.82, 2.24) is 9.97 Å². The van der Waals surface area contributed by atoms with E-state index in [-0.39, 0.29) is 5.56 Å². The highest BCUT2D eigenvalue weighted by Crippen LogP contribution is 2.20. The van der Waals surface area contributed by atoms with Crippen LogP contribution in [0, 0.1) is 0 Å². The van der Waals surface area contributed by atoms with Crippen LogP contribution < -0.4 is 15.2 Å². The minimum atomic E-state index is -0.176. The van der Waals surface area contributed by atoms with Crippen molar-refractivity contribution < 1.29 is 9.47 Å². The van der Waals surface area contributed by atoms with Gasteiger partial charge in [-0.1, -0.05) is 0 Å². The molecule has 0 aliphatic carbocycles. The van der Waals surface area contributed by atoms with Gasteiger partial charge in [-0.25, -0.2) is 4.98 Å². The first-order valence-corrected chi connectivity index (χ1v) is 6.84. The van der Waals surface area contributed by atoms with Crippen LogP contribution in [0.1, 0.15) is 0 Å². The lowest BCUT2D eigenvalue weighted by Gasteiger charge is -2.26.